The molecule has 1 aromatic heterocycles. The highest BCUT2D eigenvalue weighted by Gasteiger charge is 2.41. The number of alkyl halides is 3. The van der Waals surface area contributed by atoms with Crippen LogP contribution in [0.15, 0.2) is 30.3 Å². The molecule has 1 atom stereocenters. The molecule has 24 heavy (non-hydrogen) atoms. The molecule has 0 fully saturated rings. The molecule has 9 heteroatoms. The highest BCUT2D eigenvalue weighted by molar-refractivity contribution is 5.91. The number of rotatable bonds is 4. The van der Waals surface area contributed by atoms with Crippen molar-refractivity contribution in [3.8, 4) is 0 Å². The van der Waals surface area contributed by atoms with Crippen molar-refractivity contribution in [1.82, 2.24) is 20.1 Å². The Kier molecular flexibility index (Phi) is 4.41. The minimum absolute atomic E-state index is 0.262. The summed E-state index contributed by atoms with van der Waals surface area (Å²) in [7, 11) is 0. The van der Waals surface area contributed by atoms with Gasteiger partial charge in [-0.05, 0) is 12.0 Å². The number of hydrogen-bond donors (Lipinski definition) is 2. The predicted molar refractivity (Wildman–Crippen MR) is 80.6 cm³/mol. The summed E-state index contributed by atoms with van der Waals surface area (Å²) in [5, 5.41) is 8.91. The second-order valence-electron chi connectivity index (χ2n) is 5.52. The zero-order valence-corrected chi connectivity index (χ0v) is 12.7. The number of carbonyl (C=O) groups excluding carboxylic acids is 1. The molecule has 6 nitrogen and oxygen atoms in total. The van der Waals surface area contributed by atoms with Crippen molar-refractivity contribution in [3.05, 3.63) is 41.7 Å². The summed E-state index contributed by atoms with van der Waals surface area (Å²) >= 11 is 0. The van der Waals surface area contributed by atoms with Gasteiger partial charge in [-0.1, -0.05) is 30.3 Å². The van der Waals surface area contributed by atoms with E-state index in [-0.39, 0.29) is 12.2 Å². The van der Waals surface area contributed by atoms with Gasteiger partial charge in [0.05, 0.1) is 0 Å². The molecule has 0 radical (unpaired) electrons. The number of nitrogens with one attached hydrogen (secondary N) is 2. The summed E-state index contributed by atoms with van der Waals surface area (Å²) in [4.78, 5) is 16.1. The third-order valence-electron chi connectivity index (χ3n) is 3.69. The van der Waals surface area contributed by atoms with E-state index in [9.17, 15) is 18.0 Å². The Morgan fingerprint density at radius 1 is 1.33 bits per heavy atom. The quantitative estimate of drug-likeness (QED) is 0.894. The fraction of sp³-hybridized carbons (Fsp3) is 0.400. The first-order valence-corrected chi connectivity index (χ1v) is 7.54. The van der Waals surface area contributed by atoms with Crippen LogP contribution in [-0.2, 0) is 13.0 Å². The second-order valence-corrected chi connectivity index (χ2v) is 5.52. The Hall–Kier alpha value is -2.58. The number of halogens is 3. The van der Waals surface area contributed by atoms with Crippen LogP contribution in [0.5, 0.6) is 0 Å². The number of aryl methyl sites for hydroxylation is 1. The van der Waals surface area contributed by atoms with Crippen molar-refractivity contribution < 1.29 is 18.0 Å². The molecule has 128 valence electrons. The molecule has 1 unspecified atom stereocenters. The third kappa shape index (κ3) is 3.66. The molecular formula is C15H16F3N5O. The third-order valence-corrected chi connectivity index (χ3v) is 3.69. The van der Waals surface area contributed by atoms with Crippen LogP contribution in [0.2, 0.25) is 0 Å². The van der Waals surface area contributed by atoms with Crippen molar-refractivity contribution >= 4 is 11.9 Å². The normalized spacial score (nSPS) is 15.3. The van der Waals surface area contributed by atoms with Crippen LogP contribution in [0, 0.1) is 0 Å². The predicted octanol–water partition coefficient (Wildman–Crippen LogP) is 2.00. The summed E-state index contributed by atoms with van der Waals surface area (Å²) in [6.45, 7) is 1.27. The Morgan fingerprint density at radius 2 is 2.08 bits per heavy atom. The molecule has 0 saturated carbocycles. The van der Waals surface area contributed by atoms with E-state index < -0.39 is 18.1 Å². The molecule has 0 saturated heterocycles. The van der Waals surface area contributed by atoms with Gasteiger partial charge in [0.2, 0.25) is 11.8 Å². The standard InChI is InChI=1S/C15H16F3N5O/c16-15(17,18)11(9-10-5-2-1-3-6-10)20-13(24)12-21-14-19-7-4-8-23(14)22-12/h1-3,5-6,11H,4,7-9H2,(H,20,24)(H,19,21,22). The van der Waals surface area contributed by atoms with Gasteiger partial charge in [0.15, 0.2) is 0 Å². The highest BCUT2D eigenvalue weighted by atomic mass is 19.4. The van der Waals surface area contributed by atoms with Crippen LogP contribution in [0.3, 0.4) is 0 Å². The zero-order chi connectivity index (χ0) is 17.2. The van der Waals surface area contributed by atoms with Gasteiger partial charge in [-0.15, -0.1) is 5.10 Å². The lowest BCUT2D eigenvalue weighted by Crippen LogP contribution is -2.47. The fourth-order valence-corrected chi connectivity index (χ4v) is 2.48. The number of aromatic nitrogens is 3. The lowest BCUT2D eigenvalue weighted by atomic mass is 10.1. The molecule has 3 rings (SSSR count). The zero-order valence-electron chi connectivity index (χ0n) is 12.7. The first kappa shape index (κ1) is 16.3. The Balaban J connectivity index is 1.74. The van der Waals surface area contributed by atoms with Gasteiger partial charge in [0.1, 0.15) is 6.04 Å². The van der Waals surface area contributed by atoms with Crippen molar-refractivity contribution in [2.24, 2.45) is 0 Å². The number of benzene rings is 1. The number of hydrogen-bond acceptors (Lipinski definition) is 4. The van der Waals surface area contributed by atoms with Gasteiger partial charge in [-0.3, -0.25) is 4.79 Å². The maximum atomic E-state index is 13.2. The van der Waals surface area contributed by atoms with Crippen molar-refractivity contribution in [2.75, 3.05) is 11.9 Å². The van der Waals surface area contributed by atoms with E-state index >= 15 is 0 Å². The molecule has 1 aromatic carbocycles. The molecular weight excluding hydrogens is 323 g/mol. The summed E-state index contributed by atoms with van der Waals surface area (Å²) in [5.74, 6) is -0.795. The average Bonchev–Trinajstić information content (AvgIpc) is 2.98. The van der Waals surface area contributed by atoms with E-state index in [0.29, 0.717) is 24.6 Å². The SMILES string of the molecule is O=C(NC(Cc1ccccc1)C(F)(F)F)c1nc2n(n1)CCCN2. The van der Waals surface area contributed by atoms with E-state index in [0.717, 1.165) is 6.42 Å². The Morgan fingerprint density at radius 3 is 2.75 bits per heavy atom. The molecule has 0 aliphatic carbocycles. The minimum Gasteiger partial charge on any atom is -0.354 e. The minimum atomic E-state index is -4.57. The number of anilines is 1. The first-order valence-electron chi connectivity index (χ1n) is 7.54. The number of amides is 1. The monoisotopic (exact) mass is 339 g/mol. The van der Waals surface area contributed by atoms with Crippen molar-refractivity contribution in [2.45, 2.75) is 31.6 Å². The first-order chi connectivity index (χ1) is 11.4. The van der Waals surface area contributed by atoms with Gasteiger partial charge < -0.3 is 10.6 Å². The van der Waals surface area contributed by atoms with Crippen molar-refractivity contribution in [3.63, 3.8) is 0 Å². The highest BCUT2D eigenvalue weighted by Crippen LogP contribution is 2.23. The van der Waals surface area contributed by atoms with Crippen LogP contribution in [-0.4, -0.2) is 39.4 Å². The molecule has 1 aliphatic rings. The van der Waals surface area contributed by atoms with E-state index in [4.69, 9.17) is 0 Å². The second kappa shape index (κ2) is 6.50. The van der Waals surface area contributed by atoms with Crippen LogP contribution in [0.25, 0.3) is 0 Å². The van der Waals surface area contributed by atoms with Gasteiger partial charge >= 0.3 is 6.18 Å². The molecule has 0 spiro atoms. The number of fused-ring (bicyclic) bond motifs is 1. The largest absolute Gasteiger partial charge is 0.408 e. The van der Waals surface area contributed by atoms with Crippen LogP contribution in [0.1, 0.15) is 22.6 Å². The van der Waals surface area contributed by atoms with Gasteiger partial charge in [0.25, 0.3) is 5.91 Å². The van der Waals surface area contributed by atoms with Gasteiger partial charge in [-0.2, -0.15) is 18.2 Å². The summed E-state index contributed by atoms with van der Waals surface area (Å²) < 4.78 is 41.2. The van der Waals surface area contributed by atoms with E-state index in [1.807, 2.05) is 5.32 Å². The number of carbonyl (C=O) groups is 1. The fourth-order valence-electron chi connectivity index (χ4n) is 2.48. The van der Waals surface area contributed by atoms with E-state index in [1.165, 1.54) is 4.68 Å². The number of nitrogens with zero attached hydrogens (tertiary/aromatic N) is 3. The van der Waals surface area contributed by atoms with E-state index in [1.54, 1.807) is 30.3 Å². The Bertz CT molecular complexity index is 690. The molecule has 2 N–H and O–H groups in total. The van der Waals surface area contributed by atoms with Crippen LogP contribution >= 0.6 is 0 Å². The van der Waals surface area contributed by atoms with Crippen LogP contribution < -0.4 is 10.6 Å². The molecule has 0 bridgehead atoms. The van der Waals surface area contributed by atoms with E-state index in [2.05, 4.69) is 15.4 Å². The lowest BCUT2D eigenvalue weighted by molar-refractivity contribution is -0.153. The topological polar surface area (TPSA) is 71.8 Å². The van der Waals surface area contributed by atoms with Crippen LogP contribution in [0.4, 0.5) is 19.1 Å². The maximum absolute atomic E-state index is 13.2. The maximum Gasteiger partial charge on any atom is 0.408 e. The van der Waals surface area contributed by atoms with Crippen molar-refractivity contribution in [1.29, 1.82) is 0 Å². The lowest BCUT2D eigenvalue weighted by Gasteiger charge is -2.21. The summed E-state index contributed by atoms with van der Waals surface area (Å²) in [6, 6.07) is 6.20. The Labute approximate surface area is 136 Å². The summed E-state index contributed by atoms with van der Waals surface area (Å²) in [6.07, 6.45) is -4.10. The van der Waals surface area contributed by atoms with Gasteiger partial charge in [0, 0.05) is 19.5 Å². The molecule has 1 amide bonds. The smallest absolute Gasteiger partial charge is 0.354 e. The summed E-state index contributed by atoms with van der Waals surface area (Å²) in [5.41, 5.74) is 0.485. The molecule has 1 aliphatic heterocycles. The van der Waals surface area contributed by atoms with Gasteiger partial charge in [-0.25, -0.2) is 4.68 Å². The average molecular weight is 339 g/mol. The molecule has 2 heterocycles. The molecule has 2 aromatic rings.